The van der Waals surface area contributed by atoms with E-state index >= 15 is 0 Å². The Morgan fingerprint density at radius 2 is 2.06 bits per heavy atom. The highest BCUT2D eigenvalue weighted by Gasteiger charge is 2.40. The van der Waals surface area contributed by atoms with Gasteiger partial charge in [0.15, 0.2) is 8.32 Å². The van der Waals surface area contributed by atoms with E-state index in [1.165, 1.54) is 4.90 Å². The first kappa shape index (κ1) is 14.9. The predicted octanol–water partition coefficient (Wildman–Crippen LogP) is 1.33. The van der Waals surface area contributed by atoms with Crippen molar-refractivity contribution in [2.45, 2.75) is 38.2 Å². The topological polar surface area (TPSA) is 66.8 Å². The molecule has 0 spiro atoms. The molecule has 0 aromatic rings. The molecule has 0 aliphatic carbocycles. The summed E-state index contributed by atoms with van der Waals surface area (Å²) in [5.41, 5.74) is 0. The quantitative estimate of drug-likeness (QED) is 0.460. The van der Waals surface area contributed by atoms with E-state index in [9.17, 15) is 9.59 Å². The van der Waals surface area contributed by atoms with Crippen molar-refractivity contribution in [3.8, 4) is 0 Å². The molecular weight excluding hydrogens is 353 g/mol. The van der Waals surface area contributed by atoms with Crippen LogP contribution >= 0.6 is 22.6 Å². The molecule has 1 fully saturated rings. The molecule has 1 heterocycles. The fourth-order valence-electron chi connectivity index (χ4n) is 1.97. The molecule has 2 atom stereocenters. The Morgan fingerprint density at radius 1 is 1.47 bits per heavy atom. The van der Waals surface area contributed by atoms with E-state index in [0.717, 1.165) is 0 Å². The minimum atomic E-state index is -1.69. The Kier molecular flexibility index (Phi) is 4.96. The van der Waals surface area contributed by atoms with Gasteiger partial charge in [0.25, 0.3) is 0 Å². The highest BCUT2D eigenvalue weighted by molar-refractivity contribution is 14.1. The third kappa shape index (κ3) is 4.22. The van der Waals surface area contributed by atoms with E-state index in [0.29, 0.717) is 17.4 Å². The summed E-state index contributed by atoms with van der Waals surface area (Å²) in [6.45, 7) is 6.59. The summed E-state index contributed by atoms with van der Waals surface area (Å²) in [4.78, 5) is 24.2. The van der Waals surface area contributed by atoms with Crippen LogP contribution in [-0.2, 0) is 14.0 Å². The monoisotopic (exact) mass is 371 g/mol. The fourth-order valence-corrected chi connectivity index (χ4v) is 3.58. The van der Waals surface area contributed by atoms with Crippen LogP contribution in [0.1, 0.15) is 6.42 Å². The second kappa shape index (κ2) is 5.66. The lowest BCUT2D eigenvalue weighted by Crippen LogP contribution is -2.41. The van der Waals surface area contributed by atoms with Gasteiger partial charge in [0.1, 0.15) is 6.04 Å². The van der Waals surface area contributed by atoms with Gasteiger partial charge in [0.05, 0.1) is 10.5 Å². The molecule has 0 unspecified atom stereocenters. The van der Waals surface area contributed by atoms with E-state index < -0.39 is 20.3 Å². The fraction of sp³-hybridized carbons (Fsp3) is 0.800. The van der Waals surface area contributed by atoms with Gasteiger partial charge in [0.2, 0.25) is 5.91 Å². The number of rotatable bonds is 4. The molecule has 5 nitrogen and oxygen atoms in total. The Morgan fingerprint density at radius 3 is 2.47 bits per heavy atom. The second-order valence-corrected chi connectivity index (χ2v) is 10.3. The molecule has 1 rings (SSSR count). The molecule has 0 aromatic carbocycles. The molecule has 1 amide bonds. The van der Waals surface area contributed by atoms with Crippen LogP contribution in [0.4, 0.5) is 0 Å². The molecule has 0 saturated carbocycles. The van der Waals surface area contributed by atoms with Crippen LogP contribution in [0.5, 0.6) is 0 Å². The van der Waals surface area contributed by atoms with Crippen LogP contribution in [0.15, 0.2) is 0 Å². The van der Waals surface area contributed by atoms with Crippen molar-refractivity contribution in [1.82, 2.24) is 4.90 Å². The number of likely N-dealkylation sites (tertiary alicyclic amines) is 1. The van der Waals surface area contributed by atoms with Gasteiger partial charge >= 0.3 is 5.97 Å². The van der Waals surface area contributed by atoms with Crippen LogP contribution in [0.25, 0.3) is 0 Å². The zero-order chi connectivity index (χ0) is 13.2. The van der Waals surface area contributed by atoms with E-state index in [4.69, 9.17) is 9.53 Å². The molecule has 7 heteroatoms. The van der Waals surface area contributed by atoms with Gasteiger partial charge in [-0.2, -0.15) is 0 Å². The first-order valence-corrected chi connectivity index (χ1v) is 10.4. The Balaban J connectivity index is 2.72. The van der Waals surface area contributed by atoms with Gasteiger partial charge in [0, 0.05) is 13.0 Å². The Labute approximate surface area is 116 Å². The summed E-state index contributed by atoms with van der Waals surface area (Å²) in [5, 5.41) is 9.10. The molecule has 0 radical (unpaired) electrons. The van der Waals surface area contributed by atoms with Gasteiger partial charge in [-0.3, -0.25) is 4.79 Å². The van der Waals surface area contributed by atoms with Crippen molar-refractivity contribution < 1.29 is 19.1 Å². The normalized spacial score (nSPS) is 25.1. The van der Waals surface area contributed by atoms with E-state index in [1.807, 2.05) is 22.6 Å². The summed E-state index contributed by atoms with van der Waals surface area (Å²) < 4.78 is 6.19. The lowest BCUT2D eigenvalue weighted by atomic mass is 10.2. The number of halogens is 1. The molecule has 1 N–H and O–H groups in total. The number of alkyl halides is 1. The zero-order valence-corrected chi connectivity index (χ0v) is 13.4. The lowest BCUT2D eigenvalue weighted by Gasteiger charge is -2.23. The first-order chi connectivity index (χ1) is 7.74. The van der Waals surface area contributed by atoms with E-state index in [-0.39, 0.29) is 12.0 Å². The Bertz CT molecular complexity index is 318. The van der Waals surface area contributed by atoms with Gasteiger partial charge in [-0.25, -0.2) is 4.79 Å². The van der Waals surface area contributed by atoms with Crippen LogP contribution in [0.2, 0.25) is 19.6 Å². The van der Waals surface area contributed by atoms with Crippen LogP contribution in [0, 0.1) is 0 Å². The molecule has 0 bridgehead atoms. The minimum Gasteiger partial charge on any atom is -0.480 e. The number of amides is 1. The van der Waals surface area contributed by atoms with Crippen molar-refractivity contribution >= 4 is 42.8 Å². The Hall–Kier alpha value is -0.153. The summed E-state index contributed by atoms with van der Waals surface area (Å²) >= 11 is 1.96. The van der Waals surface area contributed by atoms with Crippen molar-refractivity contribution in [3.05, 3.63) is 0 Å². The van der Waals surface area contributed by atoms with Crippen molar-refractivity contribution in [2.24, 2.45) is 0 Å². The molecule has 0 aromatic heterocycles. The van der Waals surface area contributed by atoms with Gasteiger partial charge < -0.3 is 14.4 Å². The predicted molar refractivity (Wildman–Crippen MR) is 74.9 cm³/mol. The molecule has 1 saturated heterocycles. The first-order valence-electron chi connectivity index (χ1n) is 5.50. The number of carboxylic acids is 1. The van der Waals surface area contributed by atoms with Crippen LogP contribution in [0.3, 0.4) is 0 Å². The summed E-state index contributed by atoms with van der Waals surface area (Å²) in [6.07, 6.45) is 0.275. The highest BCUT2D eigenvalue weighted by atomic mass is 127. The van der Waals surface area contributed by atoms with Crippen molar-refractivity contribution in [3.63, 3.8) is 0 Å². The summed E-state index contributed by atoms with van der Waals surface area (Å²) in [7, 11) is -1.69. The largest absolute Gasteiger partial charge is 0.480 e. The number of carboxylic acid groups (broad SMARTS) is 1. The third-order valence-electron chi connectivity index (χ3n) is 2.50. The second-order valence-electron chi connectivity index (χ2n) is 5.12. The molecule has 1 aliphatic rings. The summed E-state index contributed by atoms with van der Waals surface area (Å²) in [5.74, 6) is -1.07. The van der Waals surface area contributed by atoms with Gasteiger partial charge in [-0.05, 0) is 19.6 Å². The number of aliphatic carboxylic acids is 1. The SMILES string of the molecule is C[Si](C)(C)O[C@@H]1C[C@H](C(=O)O)N(C(=O)CI)C1. The minimum absolute atomic E-state index is 0.125. The maximum atomic E-state index is 11.7. The third-order valence-corrected chi connectivity index (χ3v) is 4.20. The van der Waals surface area contributed by atoms with Gasteiger partial charge in [-0.1, -0.05) is 22.6 Å². The molecule has 1 aliphatic heterocycles. The average molecular weight is 371 g/mol. The summed E-state index contributed by atoms with van der Waals surface area (Å²) in [6, 6.07) is -0.724. The molecule has 98 valence electrons. The van der Waals surface area contributed by atoms with Crippen molar-refractivity contribution in [1.29, 1.82) is 0 Å². The van der Waals surface area contributed by atoms with E-state index in [1.54, 1.807) is 0 Å². The smallest absolute Gasteiger partial charge is 0.326 e. The van der Waals surface area contributed by atoms with Gasteiger partial charge in [-0.15, -0.1) is 0 Å². The lowest BCUT2D eigenvalue weighted by molar-refractivity contribution is -0.147. The average Bonchev–Trinajstić information content (AvgIpc) is 2.57. The van der Waals surface area contributed by atoms with Crippen LogP contribution in [-0.4, -0.2) is 53.3 Å². The number of hydrogen-bond acceptors (Lipinski definition) is 3. The van der Waals surface area contributed by atoms with Crippen molar-refractivity contribution in [2.75, 3.05) is 11.0 Å². The van der Waals surface area contributed by atoms with Crippen LogP contribution < -0.4 is 0 Å². The van der Waals surface area contributed by atoms with E-state index in [2.05, 4.69) is 19.6 Å². The standard InChI is InChI=1S/C10H18INO4Si/c1-17(2,3)16-7-4-8(10(14)15)12(6-7)9(13)5-11/h7-8H,4-6H2,1-3H3,(H,14,15)/t7-,8-/m1/s1. The molecular formula is C10H18INO4Si. The number of carbonyl (C=O) groups excluding carboxylic acids is 1. The number of hydrogen-bond donors (Lipinski definition) is 1. The maximum Gasteiger partial charge on any atom is 0.326 e. The zero-order valence-electron chi connectivity index (χ0n) is 10.3. The molecule has 17 heavy (non-hydrogen) atoms. The number of carbonyl (C=O) groups is 2. The number of nitrogens with zero attached hydrogens (tertiary/aromatic N) is 1. The highest BCUT2D eigenvalue weighted by Crippen LogP contribution is 2.24. The maximum absolute atomic E-state index is 11.7.